The first-order chi connectivity index (χ1) is 9.07. The molecule has 3 heteroatoms. The van der Waals surface area contributed by atoms with Crippen LogP contribution in [0.4, 0.5) is 5.69 Å². The second kappa shape index (κ2) is 7.17. The maximum atomic E-state index is 12.2. The quantitative estimate of drug-likeness (QED) is 0.759. The van der Waals surface area contributed by atoms with Crippen molar-refractivity contribution in [3.05, 3.63) is 30.3 Å². The van der Waals surface area contributed by atoms with Gasteiger partial charge in [-0.2, -0.15) is 0 Å². The Hall–Kier alpha value is -1.51. The highest BCUT2D eigenvalue weighted by molar-refractivity contribution is 5.84. The fourth-order valence-corrected chi connectivity index (χ4v) is 2.29. The molecule has 0 aliphatic carbocycles. The minimum Gasteiger partial charge on any atom is -0.467 e. The Bertz CT molecular complexity index is 391. The predicted octanol–water partition coefficient (Wildman–Crippen LogP) is 3.86. The van der Waals surface area contributed by atoms with Crippen LogP contribution in [-0.2, 0) is 9.53 Å². The van der Waals surface area contributed by atoms with Crippen LogP contribution in [0.15, 0.2) is 30.3 Å². The van der Waals surface area contributed by atoms with E-state index in [0.29, 0.717) is 12.3 Å². The molecule has 0 bridgehead atoms. The maximum absolute atomic E-state index is 12.2. The molecule has 2 atom stereocenters. The van der Waals surface area contributed by atoms with Crippen molar-refractivity contribution >= 4 is 11.7 Å². The molecular formula is C16H25NO2. The van der Waals surface area contributed by atoms with Crippen molar-refractivity contribution in [3.63, 3.8) is 0 Å². The Balaban J connectivity index is 2.99. The van der Waals surface area contributed by atoms with Crippen LogP contribution >= 0.6 is 0 Å². The number of para-hydroxylation sites is 1. The van der Waals surface area contributed by atoms with Crippen LogP contribution < -0.4 is 5.32 Å². The number of hydrogen-bond donors (Lipinski definition) is 1. The van der Waals surface area contributed by atoms with E-state index in [1.165, 1.54) is 7.11 Å². The van der Waals surface area contributed by atoms with Gasteiger partial charge in [-0.1, -0.05) is 45.4 Å². The normalized spacial score (nSPS) is 15.4. The Labute approximate surface area is 116 Å². The molecule has 0 fully saturated rings. The van der Waals surface area contributed by atoms with E-state index in [1.807, 2.05) is 37.3 Å². The Morgan fingerprint density at radius 1 is 1.32 bits per heavy atom. The monoisotopic (exact) mass is 263 g/mol. The summed E-state index contributed by atoms with van der Waals surface area (Å²) in [6.45, 7) is 6.33. The number of rotatable bonds is 7. The number of ether oxygens (including phenoxy) is 1. The summed E-state index contributed by atoms with van der Waals surface area (Å²) in [5.74, 6) is 0.286. The molecule has 1 aromatic carbocycles. The van der Waals surface area contributed by atoms with Crippen LogP contribution in [0.5, 0.6) is 0 Å². The van der Waals surface area contributed by atoms with Crippen LogP contribution in [0.3, 0.4) is 0 Å². The van der Waals surface area contributed by atoms with Gasteiger partial charge in [-0.15, -0.1) is 0 Å². The average Bonchev–Trinajstić information content (AvgIpc) is 2.46. The molecule has 1 aromatic rings. The summed E-state index contributed by atoms with van der Waals surface area (Å²) in [4.78, 5) is 12.2. The summed E-state index contributed by atoms with van der Waals surface area (Å²) in [5, 5.41) is 3.38. The van der Waals surface area contributed by atoms with Crippen LogP contribution in [0.2, 0.25) is 0 Å². The predicted molar refractivity (Wildman–Crippen MR) is 79.2 cm³/mol. The van der Waals surface area contributed by atoms with Gasteiger partial charge >= 0.3 is 5.97 Å². The molecule has 0 saturated carbocycles. The first kappa shape index (κ1) is 15.5. The number of esters is 1. The van der Waals surface area contributed by atoms with Gasteiger partial charge in [-0.3, -0.25) is 0 Å². The summed E-state index contributed by atoms with van der Waals surface area (Å²) >= 11 is 0. The molecule has 19 heavy (non-hydrogen) atoms. The number of anilines is 1. The number of nitrogens with one attached hydrogen (secondary N) is 1. The third-order valence-electron chi connectivity index (χ3n) is 3.73. The van der Waals surface area contributed by atoms with Crippen LogP contribution in [0.1, 0.15) is 40.0 Å². The van der Waals surface area contributed by atoms with Gasteiger partial charge in [-0.05, 0) is 30.9 Å². The third-order valence-corrected chi connectivity index (χ3v) is 3.73. The minimum atomic E-state index is -0.633. The lowest BCUT2D eigenvalue weighted by atomic mass is 9.84. The van der Waals surface area contributed by atoms with Crippen molar-refractivity contribution < 1.29 is 9.53 Å². The highest BCUT2D eigenvalue weighted by Gasteiger charge is 2.38. The summed E-state index contributed by atoms with van der Waals surface area (Å²) in [6.07, 6.45) is 2.54. The van der Waals surface area contributed by atoms with E-state index >= 15 is 0 Å². The van der Waals surface area contributed by atoms with Crippen LogP contribution in [0, 0.1) is 5.92 Å². The second-order valence-corrected chi connectivity index (χ2v) is 5.14. The van der Waals surface area contributed by atoms with Crippen molar-refractivity contribution in [1.82, 2.24) is 0 Å². The largest absolute Gasteiger partial charge is 0.467 e. The van der Waals surface area contributed by atoms with Crippen molar-refractivity contribution in [3.8, 4) is 0 Å². The molecule has 0 aromatic heterocycles. The van der Waals surface area contributed by atoms with Crippen molar-refractivity contribution in [2.24, 2.45) is 5.92 Å². The average molecular weight is 263 g/mol. The Morgan fingerprint density at radius 3 is 2.42 bits per heavy atom. The first-order valence-electron chi connectivity index (χ1n) is 6.99. The van der Waals surface area contributed by atoms with Gasteiger partial charge in [0.05, 0.1) is 7.11 Å². The molecule has 1 rings (SSSR count). The Kier molecular flexibility index (Phi) is 5.87. The van der Waals surface area contributed by atoms with Gasteiger partial charge in [-0.25, -0.2) is 4.79 Å². The van der Waals surface area contributed by atoms with Gasteiger partial charge in [0.25, 0.3) is 0 Å². The van der Waals surface area contributed by atoms with E-state index in [0.717, 1.165) is 18.5 Å². The van der Waals surface area contributed by atoms with E-state index < -0.39 is 5.54 Å². The number of carbonyl (C=O) groups excluding carboxylic acids is 1. The zero-order valence-electron chi connectivity index (χ0n) is 12.4. The molecule has 3 nitrogen and oxygen atoms in total. The van der Waals surface area contributed by atoms with Gasteiger partial charge in [0.2, 0.25) is 0 Å². The van der Waals surface area contributed by atoms with E-state index in [2.05, 4.69) is 19.2 Å². The zero-order chi connectivity index (χ0) is 14.3. The molecule has 106 valence electrons. The molecule has 1 N–H and O–H groups in total. The van der Waals surface area contributed by atoms with Crippen LogP contribution in [-0.4, -0.2) is 18.6 Å². The number of carbonyl (C=O) groups is 1. The van der Waals surface area contributed by atoms with E-state index in [4.69, 9.17) is 4.74 Å². The number of benzene rings is 1. The van der Waals surface area contributed by atoms with Crippen molar-refractivity contribution in [1.29, 1.82) is 0 Å². The molecule has 0 heterocycles. The highest BCUT2D eigenvalue weighted by atomic mass is 16.5. The minimum absolute atomic E-state index is 0.181. The number of methoxy groups -OCH3 is 1. The molecule has 0 aliphatic heterocycles. The highest BCUT2D eigenvalue weighted by Crippen LogP contribution is 2.28. The maximum Gasteiger partial charge on any atom is 0.331 e. The third kappa shape index (κ3) is 3.98. The molecule has 2 unspecified atom stereocenters. The summed E-state index contributed by atoms with van der Waals surface area (Å²) in [7, 11) is 1.45. The smallest absolute Gasteiger partial charge is 0.331 e. The molecule has 0 radical (unpaired) electrons. The van der Waals surface area contributed by atoms with Crippen molar-refractivity contribution in [2.75, 3.05) is 12.4 Å². The SMILES string of the molecule is CCC(C)CC(CC)(Nc1ccccc1)C(=O)OC. The fraction of sp³-hybridized carbons (Fsp3) is 0.562. The van der Waals surface area contributed by atoms with Gasteiger partial charge < -0.3 is 10.1 Å². The lowest BCUT2D eigenvalue weighted by molar-refractivity contribution is -0.146. The molecule has 0 spiro atoms. The summed E-state index contributed by atoms with van der Waals surface area (Å²) < 4.78 is 5.02. The van der Waals surface area contributed by atoms with E-state index in [-0.39, 0.29) is 5.97 Å². The van der Waals surface area contributed by atoms with Gasteiger partial charge in [0.1, 0.15) is 5.54 Å². The zero-order valence-corrected chi connectivity index (χ0v) is 12.4. The summed E-state index contributed by atoms with van der Waals surface area (Å²) in [5.41, 5.74) is 0.323. The van der Waals surface area contributed by atoms with E-state index in [9.17, 15) is 4.79 Å². The molecular weight excluding hydrogens is 238 g/mol. The molecule has 0 aliphatic rings. The van der Waals surface area contributed by atoms with Crippen molar-refractivity contribution in [2.45, 2.75) is 45.6 Å². The first-order valence-corrected chi connectivity index (χ1v) is 6.99. The topological polar surface area (TPSA) is 38.3 Å². The fourth-order valence-electron chi connectivity index (χ4n) is 2.29. The van der Waals surface area contributed by atoms with Gasteiger partial charge in [0.15, 0.2) is 0 Å². The second-order valence-electron chi connectivity index (χ2n) is 5.14. The lowest BCUT2D eigenvalue weighted by Crippen LogP contribution is -2.48. The summed E-state index contributed by atoms with van der Waals surface area (Å²) in [6, 6.07) is 9.84. The van der Waals surface area contributed by atoms with Crippen LogP contribution in [0.25, 0.3) is 0 Å². The van der Waals surface area contributed by atoms with E-state index in [1.54, 1.807) is 0 Å². The Morgan fingerprint density at radius 2 is 1.95 bits per heavy atom. The molecule has 0 amide bonds. The lowest BCUT2D eigenvalue weighted by Gasteiger charge is -2.34. The standard InChI is InChI=1S/C16H25NO2/c1-5-13(3)12-16(6-2,15(18)19-4)17-14-10-8-7-9-11-14/h7-11,13,17H,5-6,12H2,1-4H3. The molecule has 0 saturated heterocycles. The van der Waals surface area contributed by atoms with Gasteiger partial charge in [0, 0.05) is 5.69 Å². The number of hydrogen-bond acceptors (Lipinski definition) is 3.